The molecule has 0 bridgehead atoms. The third-order valence-electron chi connectivity index (χ3n) is 2.76. The van der Waals surface area contributed by atoms with Gasteiger partial charge >= 0.3 is 5.97 Å². The van der Waals surface area contributed by atoms with Gasteiger partial charge in [0, 0.05) is 5.57 Å². The first kappa shape index (κ1) is 16.9. The van der Waals surface area contributed by atoms with Gasteiger partial charge in [0.2, 0.25) is 0 Å². The van der Waals surface area contributed by atoms with Crippen molar-refractivity contribution < 1.29 is 9.53 Å². The first-order valence-corrected chi connectivity index (χ1v) is 5.02. The van der Waals surface area contributed by atoms with Crippen molar-refractivity contribution in [2.24, 2.45) is 5.73 Å². The molecule has 0 heterocycles. The molecule has 0 spiro atoms. The smallest absolute Gasteiger partial charge is 0.333 e. The standard InChI is InChI=1S/C11H21NO2.ClH/c1-6-11(12,7-2)9(5)14-10(13)8(3)4;/h9H,3,6-7,12H2,1-2,4-5H3;1H. The molecule has 1 atom stereocenters. The lowest BCUT2D eigenvalue weighted by molar-refractivity contribution is -0.146. The van der Waals surface area contributed by atoms with Crippen LogP contribution in [0.25, 0.3) is 0 Å². The third-order valence-corrected chi connectivity index (χ3v) is 2.76. The van der Waals surface area contributed by atoms with E-state index < -0.39 is 5.54 Å². The van der Waals surface area contributed by atoms with E-state index in [9.17, 15) is 4.79 Å². The van der Waals surface area contributed by atoms with E-state index in [1.165, 1.54) is 0 Å². The average Bonchev–Trinajstić information content (AvgIpc) is 2.16. The van der Waals surface area contributed by atoms with Crippen LogP contribution in [0.4, 0.5) is 0 Å². The number of ether oxygens (including phenoxy) is 1. The van der Waals surface area contributed by atoms with E-state index in [-0.39, 0.29) is 24.5 Å². The Morgan fingerprint density at radius 3 is 2.13 bits per heavy atom. The van der Waals surface area contributed by atoms with Crippen molar-refractivity contribution in [1.82, 2.24) is 0 Å². The number of esters is 1. The Balaban J connectivity index is 0. The Morgan fingerprint density at radius 2 is 1.87 bits per heavy atom. The first-order valence-electron chi connectivity index (χ1n) is 5.02. The van der Waals surface area contributed by atoms with Gasteiger partial charge in [0.15, 0.2) is 0 Å². The molecule has 0 radical (unpaired) electrons. The number of rotatable bonds is 5. The first-order chi connectivity index (χ1) is 6.37. The van der Waals surface area contributed by atoms with Crippen LogP contribution in [-0.2, 0) is 9.53 Å². The number of carbonyl (C=O) groups excluding carboxylic acids is 1. The van der Waals surface area contributed by atoms with Crippen molar-refractivity contribution in [3.05, 3.63) is 12.2 Å². The van der Waals surface area contributed by atoms with Crippen LogP contribution >= 0.6 is 12.4 Å². The van der Waals surface area contributed by atoms with E-state index in [1.807, 2.05) is 20.8 Å². The zero-order valence-corrected chi connectivity index (χ0v) is 10.8. The highest BCUT2D eigenvalue weighted by Gasteiger charge is 2.31. The van der Waals surface area contributed by atoms with Crippen LogP contribution in [0.3, 0.4) is 0 Å². The summed E-state index contributed by atoms with van der Waals surface area (Å²) in [7, 11) is 0. The Hall–Kier alpha value is -0.540. The van der Waals surface area contributed by atoms with Gasteiger partial charge in [0.1, 0.15) is 6.10 Å². The summed E-state index contributed by atoms with van der Waals surface area (Å²) >= 11 is 0. The average molecular weight is 236 g/mol. The topological polar surface area (TPSA) is 52.3 Å². The number of carbonyl (C=O) groups is 1. The normalized spacial score (nSPS) is 12.6. The van der Waals surface area contributed by atoms with Crippen molar-refractivity contribution in [2.75, 3.05) is 0 Å². The molecule has 3 nitrogen and oxygen atoms in total. The van der Waals surface area contributed by atoms with Gasteiger partial charge in [-0.2, -0.15) is 0 Å². The summed E-state index contributed by atoms with van der Waals surface area (Å²) in [6.07, 6.45) is 1.30. The molecule has 0 rings (SSSR count). The number of nitrogens with two attached hydrogens (primary N) is 1. The minimum atomic E-state index is -0.425. The molecule has 0 amide bonds. The van der Waals surface area contributed by atoms with Gasteiger partial charge < -0.3 is 10.5 Å². The minimum absolute atomic E-state index is 0. The van der Waals surface area contributed by atoms with E-state index in [4.69, 9.17) is 10.5 Å². The maximum absolute atomic E-state index is 11.3. The summed E-state index contributed by atoms with van der Waals surface area (Å²) in [5, 5.41) is 0. The van der Waals surface area contributed by atoms with Gasteiger partial charge in [0.25, 0.3) is 0 Å². The molecule has 0 saturated heterocycles. The molecule has 0 aliphatic rings. The summed E-state index contributed by atoms with van der Waals surface area (Å²) < 4.78 is 5.20. The summed E-state index contributed by atoms with van der Waals surface area (Å²) in [6, 6.07) is 0. The second-order valence-corrected chi connectivity index (χ2v) is 3.77. The summed E-state index contributed by atoms with van der Waals surface area (Å²) in [6.45, 7) is 11.0. The van der Waals surface area contributed by atoms with Crippen LogP contribution in [0.5, 0.6) is 0 Å². The fourth-order valence-electron chi connectivity index (χ4n) is 1.20. The molecular formula is C11H22ClNO2. The fourth-order valence-corrected chi connectivity index (χ4v) is 1.20. The molecule has 0 aliphatic heterocycles. The maximum Gasteiger partial charge on any atom is 0.333 e. The molecule has 0 aromatic carbocycles. The summed E-state index contributed by atoms with van der Waals surface area (Å²) in [5.41, 5.74) is 6.06. The molecule has 1 unspecified atom stereocenters. The lowest BCUT2D eigenvalue weighted by atomic mass is 9.88. The van der Waals surface area contributed by atoms with Crippen LogP contribution < -0.4 is 5.73 Å². The minimum Gasteiger partial charge on any atom is -0.457 e. The molecule has 0 aliphatic carbocycles. The Labute approximate surface area is 98.5 Å². The summed E-state index contributed by atoms with van der Waals surface area (Å²) in [4.78, 5) is 11.3. The van der Waals surface area contributed by atoms with Gasteiger partial charge in [0.05, 0.1) is 5.54 Å². The van der Waals surface area contributed by atoms with Crippen molar-refractivity contribution in [2.45, 2.75) is 52.2 Å². The Bertz CT molecular complexity index is 225. The second-order valence-electron chi connectivity index (χ2n) is 3.77. The van der Waals surface area contributed by atoms with Gasteiger partial charge in [-0.25, -0.2) is 4.79 Å². The quantitative estimate of drug-likeness (QED) is 0.588. The fraction of sp³-hybridized carbons (Fsp3) is 0.727. The predicted molar refractivity (Wildman–Crippen MR) is 65.1 cm³/mol. The molecule has 15 heavy (non-hydrogen) atoms. The van der Waals surface area contributed by atoms with Crippen LogP contribution in [0, 0.1) is 0 Å². The van der Waals surface area contributed by atoms with E-state index in [0.29, 0.717) is 5.57 Å². The van der Waals surface area contributed by atoms with E-state index >= 15 is 0 Å². The van der Waals surface area contributed by atoms with E-state index in [0.717, 1.165) is 12.8 Å². The molecule has 0 fully saturated rings. The highest BCUT2D eigenvalue weighted by molar-refractivity contribution is 5.87. The van der Waals surface area contributed by atoms with Crippen LogP contribution in [-0.4, -0.2) is 17.6 Å². The highest BCUT2D eigenvalue weighted by Crippen LogP contribution is 2.19. The van der Waals surface area contributed by atoms with E-state index in [2.05, 4.69) is 6.58 Å². The van der Waals surface area contributed by atoms with Crippen LogP contribution in [0.1, 0.15) is 40.5 Å². The molecule has 0 aromatic heterocycles. The summed E-state index contributed by atoms with van der Waals surface area (Å²) in [5.74, 6) is -0.366. The Kier molecular flexibility index (Phi) is 7.71. The van der Waals surface area contributed by atoms with Crippen LogP contribution in [0.15, 0.2) is 12.2 Å². The predicted octanol–water partition coefficient (Wildman–Crippen LogP) is 2.43. The molecule has 0 aromatic rings. The SMILES string of the molecule is C=C(C)C(=O)OC(C)C(N)(CC)CC.Cl. The van der Waals surface area contributed by atoms with Gasteiger partial charge in [-0.15, -0.1) is 12.4 Å². The number of hydrogen-bond acceptors (Lipinski definition) is 3. The molecule has 90 valence electrons. The number of halogens is 1. The third kappa shape index (κ3) is 4.67. The molecule has 4 heteroatoms. The van der Waals surface area contributed by atoms with Crippen molar-refractivity contribution in [3.63, 3.8) is 0 Å². The number of hydrogen-bond donors (Lipinski definition) is 1. The molecule has 0 saturated carbocycles. The van der Waals surface area contributed by atoms with Gasteiger partial charge in [-0.1, -0.05) is 20.4 Å². The lowest BCUT2D eigenvalue weighted by Gasteiger charge is -2.32. The second kappa shape index (κ2) is 6.85. The zero-order chi connectivity index (χ0) is 11.4. The van der Waals surface area contributed by atoms with Crippen LogP contribution in [0.2, 0.25) is 0 Å². The van der Waals surface area contributed by atoms with Crippen molar-refractivity contribution >= 4 is 18.4 Å². The molecule has 2 N–H and O–H groups in total. The Morgan fingerprint density at radius 1 is 1.47 bits per heavy atom. The maximum atomic E-state index is 11.3. The zero-order valence-electron chi connectivity index (χ0n) is 10.0. The van der Waals surface area contributed by atoms with E-state index in [1.54, 1.807) is 6.92 Å². The largest absolute Gasteiger partial charge is 0.457 e. The van der Waals surface area contributed by atoms with Gasteiger partial charge in [-0.3, -0.25) is 0 Å². The lowest BCUT2D eigenvalue weighted by Crippen LogP contribution is -2.50. The van der Waals surface area contributed by atoms with Gasteiger partial charge in [-0.05, 0) is 26.7 Å². The monoisotopic (exact) mass is 235 g/mol. The molecular weight excluding hydrogens is 214 g/mol. The van der Waals surface area contributed by atoms with Crippen molar-refractivity contribution in [3.8, 4) is 0 Å². The van der Waals surface area contributed by atoms with Crippen molar-refractivity contribution in [1.29, 1.82) is 0 Å². The highest BCUT2D eigenvalue weighted by atomic mass is 35.5.